The minimum Gasteiger partial charge on any atom is -0.356 e. The minimum atomic E-state index is 0.402. The molecular formula is C15H18N4. The molecule has 0 saturated carbocycles. The van der Waals surface area contributed by atoms with Gasteiger partial charge in [-0.3, -0.25) is 4.98 Å². The van der Waals surface area contributed by atoms with Crippen molar-refractivity contribution in [3.63, 3.8) is 0 Å². The van der Waals surface area contributed by atoms with Crippen molar-refractivity contribution >= 4 is 5.95 Å². The minimum absolute atomic E-state index is 0.402. The molecule has 4 rings (SSSR count). The van der Waals surface area contributed by atoms with Crippen LogP contribution in [0.15, 0.2) is 24.5 Å². The van der Waals surface area contributed by atoms with Gasteiger partial charge in [-0.1, -0.05) is 6.07 Å². The van der Waals surface area contributed by atoms with Crippen molar-refractivity contribution < 1.29 is 0 Å². The Morgan fingerprint density at radius 3 is 3.11 bits per heavy atom. The molecule has 1 aliphatic carbocycles. The third-order valence-corrected chi connectivity index (χ3v) is 4.25. The van der Waals surface area contributed by atoms with Crippen LogP contribution in [-0.2, 0) is 12.8 Å². The number of rotatable bonds is 1. The molecule has 4 heteroatoms. The molecule has 0 aromatic carbocycles. The van der Waals surface area contributed by atoms with Gasteiger partial charge in [-0.15, -0.1) is 0 Å². The summed E-state index contributed by atoms with van der Waals surface area (Å²) in [5.41, 5.74) is 4.06. The molecule has 1 N–H and O–H groups in total. The molecular weight excluding hydrogens is 236 g/mol. The van der Waals surface area contributed by atoms with Crippen molar-refractivity contribution in [1.82, 2.24) is 14.5 Å². The Balaban J connectivity index is 1.84. The maximum Gasteiger partial charge on any atom is 0.203 e. The topological polar surface area (TPSA) is 42.7 Å². The van der Waals surface area contributed by atoms with E-state index in [-0.39, 0.29) is 0 Å². The molecule has 3 heterocycles. The molecule has 0 saturated heterocycles. The highest BCUT2D eigenvalue weighted by Gasteiger charge is 2.28. The largest absolute Gasteiger partial charge is 0.356 e. The molecule has 0 fully saturated rings. The standard InChI is InChI=1S/C15H18N4/c1-2-6-14-12(5-1)18-15-17-9-7-13(19(14)15)11-4-3-8-16-10-11/h3-4,8,10,13H,1-2,5-7,9H2,(H,17,18). The Labute approximate surface area is 112 Å². The molecule has 2 aromatic rings. The van der Waals surface area contributed by atoms with E-state index in [2.05, 4.69) is 20.9 Å². The number of hydrogen-bond donors (Lipinski definition) is 1. The lowest BCUT2D eigenvalue weighted by Crippen LogP contribution is -2.25. The number of pyridine rings is 1. The van der Waals surface area contributed by atoms with Crippen molar-refractivity contribution in [3.05, 3.63) is 41.5 Å². The van der Waals surface area contributed by atoms with Crippen LogP contribution in [0.5, 0.6) is 0 Å². The maximum atomic E-state index is 4.80. The molecule has 4 nitrogen and oxygen atoms in total. The van der Waals surface area contributed by atoms with E-state index in [0.717, 1.165) is 25.3 Å². The van der Waals surface area contributed by atoms with Gasteiger partial charge in [0.15, 0.2) is 0 Å². The number of imidazole rings is 1. The van der Waals surface area contributed by atoms with Gasteiger partial charge < -0.3 is 9.88 Å². The predicted molar refractivity (Wildman–Crippen MR) is 74.4 cm³/mol. The molecule has 2 aliphatic rings. The number of anilines is 1. The van der Waals surface area contributed by atoms with Gasteiger partial charge in [-0.05, 0) is 43.7 Å². The van der Waals surface area contributed by atoms with Crippen molar-refractivity contribution in [2.75, 3.05) is 11.9 Å². The van der Waals surface area contributed by atoms with Gasteiger partial charge in [0.05, 0.1) is 11.7 Å². The van der Waals surface area contributed by atoms with Crippen LogP contribution < -0.4 is 5.32 Å². The second kappa shape index (κ2) is 4.37. The lowest BCUT2D eigenvalue weighted by atomic mass is 9.98. The Hall–Kier alpha value is -1.84. The van der Waals surface area contributed by atoms with E-state index >= 15 is 0 Å². The number of aryl methyl sites for hydroxylation is 1. The van der Waals surface area contributed by atoms with Crippen LogP contribution in [0.2, 0.25) is 0 Å². The zero-order valence-corrected chi connectivity index (χ0v) is 11.0. The van der Waals surface area contributed by atoms with Crippen molar-refractivity contribution in [2.24, 2.45) is 0 Å². The lowest BCUT2D eigenvalue weighted by Gasteiger charge is -2.28. The predicted octanol–water partition coefficient (Wildman–Crippen LogP) is 2.56. The molecule has 1 aliphatic heterocycles. The highest BCUT2D eigenvalue weighted by atomic mass is 15.3. The van der Waals surface area contributed by atoms with E-state index < -0.39 is 0 Å². The van der Waals surface area contributed by atoms with E-state index in [0.29, 0.717) is 6.04 Å². The quantitative estimate of drug-likeness (QED) is 0.850. The molecule has 98 valence electrons. The van der Waals surface area contributed by atoms with Crippen LogP contribution >= 0.6 is 0 Å². The summed E-state index contributed by atoms with van der Waals surface area (Å²) < 4.78 is 2.43. The van der Waals surface area contributed by atoms with Gasteiger partial charge in [0, 0.05) is 24.6 Å². The summed E-state index contributed by atoms with van der Waals surface area (Å²) in [5, 5.41) is 3.45. The number of nitrogens with zero attached hydrogens (tertiary/aromatic N) is 3. The second-order valence-electron chi connectivity index (χ2n) is 5.42. The summed E-state index contributed by atoms with van der Waals surface area (Å²) in [7, 11) is 0. The molecule has 1 unspecified atom stereocenters. The monoisotopic (exact) mass is 254 g/mol. The normalized spacial score (nSPS) is 21.4. The van der Waals surface area contributed by atoms with E-state index in [1.54, 1.807) is 0 Å². The first-order valence-corrected chi connectivity index (χ1v) is 7.17. The van der Waals surface area contributed by atoms with Gasteiger partial charge in [-0.2, -0.15) is 0 Å². The van der Waals surface area contributed by atoms with Gasteiger partial charge in [0.2, 0.25) is 5.95 Å². The Morgan fingerprint density at radius 2 is 2.21 bits per heavy atom. The average molecular weight is 254 g/mol. The Bertz CT molecular complexity index is 588. The van der Waals surface area contributed by atoms with Gasteiger partial charge in [0.25, 0.3) is 0 Å². The summed E-state index contributed by atoms with van der Waals surface area (Å²) in [5.74, 6) is 1.06. The van der Waals surface area contributed by atoms with Crippen LogP contribution in [0, 0.1) is 0 Å². The third-order valence-electron chi connectivity index (χ3n) is 4.25. The smallest absolute Gasteiger partial charge is 0.203 e. The van der Waals surface area contributed by atoms with Crippen molar-refractivity contribution in [3.8, 4) is 0 Å². The molecule has 0 radical (unpaired) electrons. The van der Waals surface area contributed by atoms with Gasteiger partial charge in [0.1, 0.15) is 0 Å². The van der Waals surface area contributed by atoms with Crippen molar-refractivity contribution in [1.29, 1.82) is 0 Å². The van der Waals surface area contributed by atoms with E-state index in [1.807, 2.05) is 18.5 Å². The van der Waals surface area contributed by atoms with Crippen molar-refractivity contribution in [2.45, 2.75) is 38.1 Å². The fourth-order valence-electron chi connectivity index (χ4n) is 3.36. The summed E-state index contributed by atoms with van der Waals surface area (Å²) in [6.07, 6.45) is 9.82. The third kappa shape index (κ3) is 1.74. The molecule has 0 spiro atoms. The zero-order valence-electron chi connectivity index (χ0n) is 11.0. The first-order valence-electron chi connectivity index (χ1n) is 7.17. The summed E-state index contributed by atoms with van der Waals surface area (Å²) in [6.45, 7) is 0.995. The van der Waals surface area contributed by atoms with E-state index in [1.165, 1.54) is 36.2 Å². The molecule has 2 aromatic heterocycles. The number of hydrogen-bond acceptors (Lipinski definition) is 3. The zero-order chi connectivity index (χ0) is 12.7. The van der Waals surface area contributed by atoms with Gasteiger partial charge in [-0.25, -0.2) is 4.98 Å². The Morgan fingerprint density at radius 1 is 1.26 bits per heavy atom. The number of nitrogens with one attached hydrogen (secondary N) is 1. The Kier molecular flexibility index (Phi) is 2.53. The summed E-state index contributed by atoms with van der Waals surface area (Å²) in [6, 6.07) is 4.61. The SMILES string of the molecule is c1cncc(C2CCNc3nc4c(n32)CCCC4)c1. The fraction of sp³-hybridized carbons (Fsp3) is 0.467. The van der Waals surface area contributed by atoms with Crippen LogP contribution in [0.4, 0.5) is 5.95 Å². The highest BCUT2D eigenvalue weighted by Crippen LogP contribution is 2.35. The number of aromatic nitrogens is 3. The number of fused-ring (bicyclic) bond motifs is 3. The van der Waals surface area contributed by atoms with Crippen LogP contribution in [0.1, 0.15) is 42.3 Å². The fourth-order valence-corrected chi connectivity index (χ4v) is 3.36. The highest BCUT2D eigenvalue weighted by molar-refractivity contribution is 5.40. The van der Waals surface area contributed by atoms with Gasteiger partial charge >= 0.3 is 0 Å². The average Bonchev–Trinajstić information content (AvgIpc) is 2.86. The molecule has 0 amide bonds. The first kappa shape index (κ1) is 11.0. The van der Waals surface area contributed by atoms with Crippen LogP contribution in [0.3, 0.4) is 0 Å². The van der Waals surface area contributed by atoms with E-state index in [4.69, 9.17) is 4.98 Å². The first-order chi connectivity index (χ1) is 9.43. The van der Waals surface area contributed by atoms with Crippen LogP contribution in [-0.4, -0.2) is 21.1 Å². The molecule has 1 atom stereocenters. The summed E-state index contributed by atoms with van der Waals surface area (Å²) in [4.78, 5) is 9.07. The lowest BCUT2D eigenvalue weighted by molar-refractivity contribution is 0.500. The maximum absolute atomic E-state index is 4.80. The van der Waals surface area contributed by atoms with Crippen LogP contribution in [0.25, 0.3) is 0 Å². The van der Waals surface area contributed by atoms with E-state index in [9.17, 15) is 0 Å². The molecule has 19 heavy (non-hydrogen) atoms. The molecule has 0 bridgehead atoms. The second-order valence-corrected chi connectivity index (χ2v) is 5.42. The summed E-state index contributed by atoms with van der Waals surface area (Å²) >= 11 is 0.